The molecular formula is C24H32N4. The molecule has 3 fully saturated rings. The highest BCUT2D eigenvalue weighted by Gasteiger charge is 2.37. The molecule has 6 rings (SSSR count). The first-order valence-corrected chi connectivity index (χ1v) is 11.5. The second-order valence-electron chi connectivity index (χ2n) is 9.55. The van der Waals surface area contributed by atoms with Gasteiger partial charge < -0.3 is 14.8 Å². The van der Waals surface area contributed by atoms with Gasteiger partial charge in [-0.05, 0) is 75.0 Å². The first-order chi connectivity index (χ1) is 13.8. The van der Waals surface area contributed by atoms with E-state index < -0.39 is 0 Å². The van der Waals surface area contributed by atoms with Gasteiger partial charge in [-0.25, -0.2) is 4.98 Å². The zero-order chi connectivity index (χ0) is 18.5. The van der Waals surface area contributed by atoms with Gasteiger partial charge >= 0.3 is 0 Å². The van der Waals surface area contributed by atoms with Crippen LogP contribution in [0.25, 0.3) is 11.0 Å². The standard InChI is InChI=1S/C24H32N4/c1-2-6-23-21(4-1)26-24(22-5-3-11-25-22)28(23)20-9-12-27(13-10-20)16-19-15-17-7-8-18(19)14-17/h1-2,4,6-8,17-20,22,25H,3,5,9-16H2/t17?,18?,19?,22-/m0/s1. The number of nitrogens with zero attached hydrogens (tertiary/aromatic N) is 3. The Morgan fingerprint density at radius 1 is 1.04 bits per heavy atom. The molecule has 1 aromatic carbocycles. The molecular weight excluding hydrogens is 344 g/mol. The number of hydrogen-bond donors (Lipinski definition) is 1. The third-order valence-electron chi connectivity index (χ3n) is 7.83. The Hall–Kier alpha value is -1.65. The highest BCUT2D eigenvalue weighted by molar-refractivity contribution is 5.76. The van der Waals surface area contributed by atoms with Gasteiger partial charge in [-0.15, -0.1) is 0 Å². The lowest BCUT2D eigenvalue weighted by Gasteiger charge is -2.36. The number of piperidine rings is 1. The molecule has 2 saturated heterocycles. The maximum absolute atomic E-state index is 5.08. The van der Waals surface area contributed by atoms with Crippen molar-refractivity contribution in [3.8, 4) is 0 Å². The van der Waals surface area contributed by atoms with Crippen LogP contribution in [0, 0.1) is 17.8 Å². The zero-order valence-corrected chi connectivity index (χ0v) is 16.8. The maximum atomic E-state index is 5.08. The molecule has 3 unspecified atom stereocenters. The molecule has 1 N–H and O–H groups in total. The fourth-order valence-electron chi connectivity index (χ4n) is 6.39. The minimum Gasteiger partial charge on any atom is -0.323 e. The van der Waals surface area contributed by atoms with Crippen LogP contribution in [0.3, 0.4) is 0 Å². The quantitative estimate of drug-likeness (QED) is 0.807. The molecule has 28 heavy (non-hydrogen) atoms. The molecule has 2 bridgehead atoms. The topological polar surface area (TPSA) is 33.1 Å². The van der Waals surface area contributed by atoms with Crippen LogP contribution in [0.5, 0.6) is 0 Å². The first kappa shape index (κ1) is 17.2. The minimum absolute atomic E-state index is 0.436. The fraction of sp³-hybridized carbons (Fsp3) is 0.625. The summed E-state index contributed by atoms with van der Waals surface area (Å²) in [5.74, 6) is 3.97. The van der Waals surface area contributed by atoms with Gasteiger partial charge in [0.05, 0.1) is 17.1 Å². The Bertz CT molecular complexity index is 870. The molecule has 1 saturated carbocycles. The summed E-state index contributed by atoms with van der Waals surface area (Å²) < 4.78 is 2.61. The van der Waals surface area contributed by atoms with Crippen LogP contribution < -0.4 is 5.32 Å². The van der Waals surface area contributed by atoms with E-state index in [4.69, 9.17) is 4.98 Å². The van der Waals surface area contributed by atoms with E-state index in [-0.39, 0.29) is 0 Å². The lowest BCUT2D eigenvalue weighted by Crippen LogP contribution is -2.39. The summed E-state index contributed by atoms with van der Waals surface area (Å²) in [5.41, 5.74) is 2.50. The second-order valence-corrected chi connectivity index (χ2v) is 9.55. The van der Waals surface area contributed by atoms with Gasteiger partial charge in [0.1, 0.15) is 5.82 Å². The van der Waals surface area contributed by atoms with E-state index in [1.54, 1.807) is 0 Å². The van der Waals surface area contributed by atoms with Crippen molar-refractivity contribution < 1.29 is 0 Å². The van der Waals surface area contributed by atoms with E-state index >= 15 is 0 Å². The lowest BCUT2D eigenvalue weighted by atomic mass is 9.92. The summed E-state index contributed by atoms with van der Waals surface area (Å²) in [6.07, 6.45) is 12.8. The number of nitrogens with one attached hydrogen (secondary N) is 1. The van der Waals surface area contributed by atoms with Crippen LogP contribution in [0.1, 0.15) is 56.4 Å². The third-order valence-corrected chi connectivity index (χ3v) is 7.83. The summed E-state index contributed by atoms with van der Waals surface area (Å²) >= 11 is 0. The number of hydrogen-bond acceptors (Lipinski definition) is 3. The predicted octanol–water partition coefficient (Wildman–Crippen LogP) is 4.31. The third kappa shape index (κ3) is 2.93. The summed E-state index contributed by atoms with van der Waals surface area (Å²) in [7, 11) is 0. The smallest absolute Gasteiger partial charge is 0.127 e. The molecule has 4 nitrogen and oxygen atoms in total. The molecule has 1 aromatic heterocycles. The van der Waals surface area contributed by atoms with Crippen molar-refractivity contribution in [2.24, 2.45) is 17.8 Å². The summed E-state index contributed by atoms with van der Waals surface area (Å²) in [6, 6.07) is 9.78. The van der Waals surface area contributed by atoms with Crippen molar-refractivity contribution in [1.82, 2.24) is 19.8 Å². The highest BCUT2D eigenvalue weighted by Crippen LogP contribution is 2.44. The summed E-state index contributed by atoms with van der Waals surface area (Å²) in [6.45, 7) is 4.93. The number of likely N-dealkylation sites (tertiary alicyclic amines) is 1. The second kappa shape index (κ2) is 7.00. The van der Waals surface area contributed by atoms with E-state index in [1.165, 1.54) is 75.0 Å². The average molecular weight is 377 g/mol. The normalized spacial score (nSPS) is 33.4. The molecule has 4 heteroatoms. The maximum Gasteiger partial charge on any atom is 0.127 e. The summed E-state index contributed by atoms with van der Waals surface area (Å²) in [5, 5.41) is 3.69. The number of imidazole rings is 1. The van der Waals surface area contributed by atoms with Crippen LogP contribution in [-0.2, 0) is 0 Å². The molecule has 0 amide bonds. The molecule has 0 radical (unpaired) electrons. The van der Waals surface area contributed by atoms with Gasteiger partial charge in [-0.1, -0.05) is 24.3 Å². The SMILES string of the molecule is C1=CC2CC1CC2CN1CCC(n2c([C@@H]3CCCN3)nc3ccccc32)CC1. The van der Waals surface area contributed by atoms with Crippen LogP contribution >= 0.6 is 0 Å². The molecule has 2 aliphatic heterocycles. The Kier molecular flexibility index (Phi) is 4.31. The summed E-state index contributed by atoms with van der Waals surface area (Å²) in [4.78, 5) is 7.83. The molecule has 4 aliphatic rings. The van der Waals surface area contributed by atoms with Gasteiger partial charge in [-0.2, -0.15) is 0 Å². The van der Waals surface area contributed by atoms with Gasteiger partial charge in [0.2, 0.25) is 0 Å². The van der Waals surface area contributed by atoms with Crippen LogP contribution in [-0.4, -0.2) is 40.6 Å². The molecule has 0 spiro atoms. The largest absolute Gasteiger partial charge is 0.323 e. The number of benzene rings is 1. The van der Waals surface area contributed by atoms with Crippen LogP contribution in [0.4, 0.5) is 0 Å². The van der Waals surface area contributed by atoms with E-state index in [0.29, 0.717) is 12.1 Å². The monoisotopic (exact) mass is 376 g/mol. The first-order valence-electron chi connectivity index (χ1n) is 11.5. The van der Waals surface area contributed by atoms with E-state index in [2.05, 4.69) is 51.2 Å². The average Bonchev–Trinajstić information content (AvgIpc) is 3.51. The Morgan fingerprint density at radius 3 is 2.68 bits per heavy atom. The number of rotatable bonds is 4. The van der Waals surface area contributed by atoms with Gasteiger partial charge in [0, 0.05) is 25.7 Å². The van der Waals surface area contributed by atoms with Crippen molar-refractivity contribution in [1.29, 1.82) is 0 Å². The number of allylic oxidation sites excluding steroid dienone is 2. The molecule has 3 heterocycles. The number of fused-ring (bicyclic) bond motifs is 3. The van der Waals surface area contributed by atoms with Crippen molar-refractivity contribution in [2.45, 2.75) is 50.6 Å². The molecule has 2 aromatic rings. The van der Waals surface area contributed by atoms with Gasteiger partial charge in [0.15, 0.2) is 0 Å². The van der Waals surface area contributed by atoms with E-state index in [9.17, 15) is 0 Å². The van der Waals surface area contributed by atoms with Crippen molar-refractivity contribution in [3.63, 3.8) is 0 Å². The van der Waals surface area contributed by atoms with Gasteiger partial charge in [-0.3, -0.25) is 0 Å². The van der Waals surface area contributed by atoms with Crippen molar-refractivity contribution in [3.05, 3.63) is 42.2 Å². The number of para-hydroxylation sites is 2. The fourth-order valence-corrected chi connectivity index (χ4v) is 6.39. The van der Waals surface area contributed by atoms with Gasteiger partial charge in [0.25, 0.3) is 0 Å². The van der Waals surface area contributed by atoms with E-state index in [0.717, 1.165) is 24.3 Å². The zero-order valence-electron chi connectivity index (χ0n) is 16.8. The van der Waals surface area contributed by atoms with Crippen LogP contribution in [0.15, 0.2) is 36.4 Å². The Labute approximate surface area is 168 Å². The minimum atomic E-state index is 0.436. The lowest BCUT2D eigenvalue weighted by molar-refractivity contribution is 0.153. The molecule has 4 atom stereocenters. The van der Waals surface area contributed by atoms with Crippen molar-refractivity contribution >= 4 is 11.0 Å². The highest BCUT2D eigenvalue weighted by atomic mass is 15.2. The van der Waals surface area contributed by atoms with Crippen molar-refractivity contribution in [2.75, 3.05) is 26.2 Å². The van der Waals surface area contributed by atoms with E-state index in [1.807, 2.05) is 0 Å². The molecule has 148 valence electrons. The predicted molar refractivity (Wildman–Crippen MR) is 113 cm³/mol. The number of aromatic nitrogens is 2. The Morgan fingerprint density at radius 2 is 1.93 bits per heavy atom. The Balaban J connectivity index is 1.20. The van der Waals surface area contributed by atoms with Crippen LogP contribution in [0.2, 0.25) is 0 Å². The molecule has 2 aliphatic carbocycles.